The van der Waals surface area contributed by atoms with Gasteiger partial charge in [-0.1, -0.05) is 62.2 Å². The molecule has 1 N–H and O–H groups in total. The lowest BCUT2D eigenvalue weighted by molar-refractivity contribution is -0.122. The van der Waals surface area contributed by atoms with Crippen molar-refractivity contribution in [2.75, 3.05) is 5.32 Å². The van der Waals surface area contributed by atoms with Crippen molar-refractivity contribution in [2.24, 2.45) is 0 Å². The maximum Gasteiger partial charge on any atom is 0.265 e. The fourth-order valence-corrected chi connectivity index (χ4v) is 2.79. The molecular formula is C20H23Cl2NO2. The lowest BCUT2D eigenvalue weighted by atomic mass is 9.98. The van der Waals surface area contributed by atoms with E-state index in [1.165, 1.54) is 0 Å². The van der Waals surface area contributed by atoms with E-state index in [0.717, 1.165) is 17.7 Å². The van der Waals surface area contributed by atoms with Crippen LogP contribution in [-0.2, 0) is 4.79 Å². The number of carbonyl (C=O) groups excluding carboxylic acids is 1. The minimum atomic E-state index is -0.584. The summed E-state index contributed by atoms with van der Waals surface area (Å²) in [5.41, 5.74) is 1.71. The third kappa shape index (κ3) is 5.13. The number of ether oxygens (including phenoxy) is 1. The Morgan fingerprint density at radius 2 is 1.80 bits per heavy atom. The third-order valence-corrected chi connectivity index (χ3v) is 4.92. The Labute approximate surface area is 159 Å². The van der Waals surface area contributed by atoms with Crippen LogP contribution in [0.4, 0.5) is 5.69 Å². The molecule has 0 aliphatic rings. The van der Waals surface area contributed by atoms with Crippen LogP contribution in [0.1, 0.15) is 45.1 Å². The zero-order chi connectivity index (χ0) is 18.4. The molecule has 0 bridgehead atoms. The number of anilines is 1. The molecule has 0 aliphatic carbocycles. The summed E-state index contributed by atoms with van der Waals surface area (Å²) in [6, 6.07) is 12.9. The largest absolute Gasteiger partial charge is 0.480 e. The van der Waals surface area contributed by atoms with Gasteiger partial charge in [0.15, 0.2) is 6.10 Å². The number of halogens is 2. The first kappa shape index (κ1) is 19.6. The Morgan fingerprint density at radius 3 is 2.44 bits per heavy atom. The number of amides is 1. The van der Waals surface area contributed by atoms with Crippen molar-refractivity contribution in [1.82, 2.24) is 0 Å². The lowest BCUT2D eigenvalue weighted by Gasteiger charge is -2.21. The van der Waals surface area contributed by atoms with Gasteiger partial charge in [0.1, 0.15) is 5.75 Å². The number of nitrogens with one attached hydrogen (secondary N) is 1. The summed E-state index contributed by atoms with van der Waals surface area (Å²) in [4.78, 5) is 12.6. The van der Waals surface area contributed by atoms with Gasteiger partial charge >= 0.3 is 0 Å². The molecule has 25 heavy (non-hydrogen) atoms. The van der Waals surface area contributed by atoms with E-state index in [0.29, 0.717) is 28.1 Å². The van der Waals surface area contributed by atoms with E-state index in [4.69, 9.17) is 27.9 Å². The zero-order valence-corrected chi connectivity index (χ0v) is 16.2. The SMILES string of the molecule is CCC(Oc1ccccc1C(C)CC)C(=O)Nc1ccc(Cl)c(Cl)c1. The summed E-state index contributed by atoms with van der Waals surface area (Å²) in [6.45, 7) is 6.21. The molecule has 0 saturated carbocycles. The molecule has 134 valence electrons. The molecular weight excluding hydrogens is 357 g/mol. The molecule has 0 aliphatic heterocycles. The second-order valence-electron chi connectivity index (χ2n) is 5.98. The lowest BCUT2D eigenvalue weighted by Crippen LogP contribution is -2.32. The highest BCUT2D eigenvalue weighted by Crippen LogP contribution is 2.30. The van der Waals surface area contributed by atoms with Gasteiger partial charge in [0.2, 0.25) is 0 Å². The van der Waals surface area contributed by atoms with Crippen molar-refractivity contribution >= 4 is 34.8 Å². The Morgan fingerprint density at radius 1 is 1.08 bits per heavy atom. The van der Waals surface area contributed by atoms with Crippen LogP contribution in [0, 0.1) is 0 Å². The smallest absolute Gasteiger partial charge is 0.265 e. The molecule has 2 aromatic carbocycles. The summed E-state index contributed by atoms with van der Waals surface area (Å²) in [5.74, 6) is 0.916. The second-order valence-corrected chi connectivity index (χ2v) is 6.79. The van der Waals surface area contributed by atoms with Crippen LogP contribution in [0.5, 0.6) is 5.75 Å². The Balaban J connectivity index is 2.14. The Bertz CT molecular complexity index is 733. The van der Waals surface area contributed by atoms with Crippen molar-refractivity contribution in [2.45, 2.75) is 45.6 Å². The molecule has 0 radical (unpaired) electrons. The normalized spacial score (nSPS) is 13.2. The van der Waals surface area contributed by atoms with Crippen LogP contribution >= 0.6 is 23.2 Å². The number of rotatable bonds is 7. The number of benzene rings is 2. The first-order valence-corrected chi connectivity index (χ1v) is 9.23. The quantitative estimate of drug-likeness (QED) is 0.612. The van der Waals surface area contributed by atoms with E-state index in [2.05, 4.69) is 19.2 Å². The predicted molar refractivity (Wildman–Crippen MR) is 105 cm³/mol. The first-order valence-electron chi connectivity index (χ1n) is 8.47. The third-order valence-electron chi connectivity index (χ3n) is 4.18. The highest BCUT2D eigenvalue weighted by Gasteiger charge is 2.21. The number of para-hydroxylation sites is 1. The molecule has 0 heterocycles. The maximum atomic E-state index is 12.6. The van der Waals surface area contributed by atoms with Gasteiger partial charge in [0.05, 0.1) is 10.0 Å². The first-order chi connectivity index (χ1) is 12.0. The molecule has 0 saturated heterocycles. The highest BCUT2D eigenvalue weighted by atomic mass is 35.5. The molecule has 0 spiro atoms. The summed E-state index contributed by atoms with van der Waals surface area (Å²) in [7, 11) is 0. The number of hydrogen-bond donors (Lipinski definition) is 1. The average molecular weight is 380 g/mol. The molecule has 0 aromatic heterocycles. The summed E-state index contributed by atoms with van der Waals surface area (Å²) in [6.07, 6.45) is 0.980. The molecule has 2 atom stereocenters. The zero-order valence-electron chi connectivity index (χ0n) is 14.7. The summed E-state index contributed by atoms with van der Waals surface area (Å²) >= 11 is 11.9. The summed E-state index contributed by atoms with van der Waals surface area (Å²) in [5, 5.41) is 3.69. The number of carbonyl (C=O) groups is 1. The van der Waals surface area contributed by atoms with Gasteiger partial charge in [0.25, 0.3) is 5.91 Å². The van der Waals surface area contributed by atoms with Crippen molar-refractivity contribution in [3.05, 3.63) is 58.1 Å². The number of hydrogen-bond acceptors (Lipinski definition) is 2. The van der Waals surface area contributed by atoms with Crippen molar-refractivity contribution in [3.63, 3.8) is 0 Å². The maximum absolute atomic E-state index is 12.6. The monoisotopic (exact) mass is 379 g/mol. The van der Waals surface area contributed by atoms with Crippen LogP contribution in [0.3, 0.4) is 0 Å². The van der Waals surface area contributed by atoms with Crippen LogP contribution in [0.25, 0.3) is 0 Å². The summed E-state index contributed by atoms with van der Waals surface area (Å²) < 4.78 is 6.03. The van der Waals surface area contributed by atoms with E-state index < -0.39 is 6.10 Å². The minimum absolute atomic E-state index is 0.208. The van der Waals surface area contributed by atoms with Crippen molar-refractivity contribution < 1.29 is 9.53 Å². The van der Waals surface area contributed by atoms with Crippen LogP contribution in [-0.4, -0.2) is 12.0 Å². The molecule has 5 heteroatoms. The Kier molecular flexibility index (Phi) is 7.15. The molecule has 2 rings (SSSR count). The highest BCUT2D eigenvalue weighted by molar-refractivity contribution is 6.42. The Hall–Kier alpha value is -1.71. The van der Waals surface area contributed by atoms with Crippen LogP contribution in [0.2, 0.25) is 10.0 Å². The van der Waals surface area contributed by atoms with Crippen molar-refractivity contribution in [1.29, 1.82) is 0 Å². The topological polar surface area (TPSA) is 38.3 Å². The average Bonchev–Trinajstić information content (AvgIpc) is 2.62. The van der Waals surface area contributed by atoms with E-state index >= 15 is 0 Å². The van der Waals surface area contributed by atoms with E-state index in [1.54, 1.807) is 18.2 Å². The second kappa shape index (κ2) is 9.12. The molecule has 1 amide bonds. The van der Waals surface area contributed by atoms with Crippen LogP contribution < -0.4 is 10.1 Å². The van der Waals surface area contributed by atoms with Crippen molar-refractivity contribution in [3.8, 4) is 5.75 Å². The standard InChI is InChI=1S/C20H23Cl2NO2/c1-4-13(3)15-8-6-7-9-19(15)25-18(5-2)20(24)23-14-10-11-16(21)17(22)12-14/h6-13,18H,4-5H2,1-3H3,(H,23,24). The van der Waals surface area contributed by atoms with Gasteiger partial charge in [-0.3, -0.25) is 4.79 Å². The minimum Gasteiger partial charge on any atom is -0.480 e. The van der Waals surface area contributed by atoms with Gasteiger partial charge in [-0.25, -0.2) is 0 Å². The predicted octanol–water partition coefficient (Wildman–Crippen LogP) is 6.30. The van der Waals surface area contributed by atoms with Gasteiger partial charge in [-0.05, 0) is 48.6 Å². The molecule has 2 aromatic rings. The van der Waals surface area contributed by atoms with Crippen LogP contribution in [0.15, 0.2) is 42.5 Å². The van der Waals surface area contributed by atoms with E-state index in [1.807, 2.05) is 31.2 Å². The fraction of sp³-hybridized carbons (Fsp3) is 0.350. The molecule has 3 nitrogen and oxygen atoms in total. The van der Waals surface area contributed by atoms with Gasteiger partial charge in [0, 0.05) is 5.69 Å². The van der Waals surface area contributed by atoms with E-state index in [-0.39, 0.29) is 5.91 Å². The van der Waals surface area contributed by atoms with Gasteiger partial charge in [-0.2, -0.15) is 0 Å². The van der Waals surface area contributed by atoms with Gasteiger partial charge in [-0.15, -0.1) is 0 Å². The molecule has 0 fully saturated rings. The molecule has 2 unspecified atom stereocenters. The van der Waals surface area contributed by atoms with Gasteiger partial charge < -0.3 is 10.1 Å². The fourth-order valence-electron chi connectivity index (χ4n) is 2.49. The van der Waals surface area contributed by atoms with E-state index in [9.17, 15) is 4.79 Å².